The van der Waals surface area contributed by atoms with Crippen molar-refractivity contribution in [1.82, 2.24) is 0 Å². The Morgan fingerprint density at radius 1 is 1.19 bits per heavy atom. The molecule has 0 heterocycles. The summed E-state index contributed by atoms with van der Waals surface area (Å²) in [6.45, 7) is 0. The molecule has 8 heteroatoms. The number of thioether (sulfide) groups is 1. The minimum absolute atomic E-state index is 0.0512. The fourth-order valence-electron chi connectivity index (χ4n) is 1.67. The van der Waals surface area contributed by atoms with Crippen molar-refractivity contribution in [2.45, 2.75) is 10.6 Å². The van der Waals surface area contributed by atoms with Crippen LogP contribution in [-0.4, -0.2) is 4.92 Å². The molecule has 0 atom stereocenters. The summed E-state index contributed by atoms with van der Waals surface area (Å²) in [4.78, 5) is 11.4. The van der Waals surface area contributed by atoms with Gasteiger partial charge in [-0.25, -0.2) is 0 Å². The lowest BCUT2D eigenvalue weighted by Gasteiger charge is -2.06. The SMILES string of the molecule is NNc1ccc(CSc2ccc(Cl)c(Cl)c2)cc1[N+](=O)[O-]. The molecule has 0 aliphatic heterocycles. The molecule has 5 nitrogen and oxygen atoms in total. The zero-order chi connectivity index (χ0) is 15.4. The van der Waals surface area contributed by atoms with Crippen LogP contribution in [0.15, 0.2) is 41.3 Å². The number of nitrogens with zero attached hydrogens (tertiary/aromatic N) is 1. The molecule has 0 aliphatic carbocycles. The minimum Gasteiger partial charge on any atom is -0.318 e. The Labute approximate surface area is 135 Å². The van der Waals surface area contributed by atoms with Gasteiger partial charge in [0.25, 0.3) is 5.69 Å². The number of nitrogens with two attached hydrogens (primary N) is 1. The number of nitrogens with one attached hydrogen (secondary N) is 1. The molecular weight excluding hydrogens is 333 g/mol. The Morgan fingerprint density at radius 2 is 1.95 bits per heavy atom. The van der Waals surface area contributed by atoms with Crippen LogP contribution in [-0.2, 0) is 5.75 Å². The number of nitro benzene ring substituents is 1. The summed E-state index contributed by atoms with van der Waals surface area (Å²) in [6.07, 6.45) is 0. The van der Waals surface area contributed by atoms with Gasteiger partial charge in [0.15, 0.2) is 0 Å². The van der Waals surface area contributed by atoms with Gasteiger partial charge in [-0.3, -0.25) is 16.0 Å². The fraction of sp³-hybridized carbons (Fsp3) is 0.0769. The van der Waals surface area contributed by atoms with Crippen molar-refractivity contribution >= 4 is 46.3 Å². The Bertz CT molecular complexity index is 682. The van der Waals surface area contributed by atoms with E-state index in [4.69, 9.17) is 29.0 Å². The van der Waals surface area contributed by atoms with Gasteiger partial charge in [0.2, 0.25) is 0 Å². The predicted molar refractivity (Wildman–Crippen MR) is 86.9 cm³/mol. The molecule has 0 aliphatic rings. The van der Waals surface area contributed by atoms with Gasteiger partial charge in [0.1, 0.15) is 5.69 Å². The Kier molecular flexibility index (Phi) is 5.30. The van der Waals surface area contributed by atoms with Gasteiger partial charge >= 0.3 is 0 Å². The average molecular weight is 344 g/mol. The highest BCUT2D eigenvalue weighted by Gasteiger charge is 2.13. The first-order valence-electron chi connectivity index (χ1n) is 5.83. The summed E-state index contributed by atoms with van der Waals surface area (Å²) >= 11 is 13.3. The molecule has 0 unspecified atom stereocenters. The lowest BCUT2D eigenvalue weighted by molar-refractivity contribution is -0.384. The second kappa shape index (κ2) is 7.00. The quantitative estimate of drug-likeness (QED) is 0.362. The van der Waals surface area contributed by atoms with Crippen LogP contribution in [0, 0.1) is 10.1 Å². The number of benzene rings is 2. The standard InChI is InChI=1S/C13H11Cl2N3O2S/c14-10-3-2-9(6-11(10)15)21-7-8-1-4-12(17-16)13(5-8)18(19)20/h1-6,17H,7,16H2. The molecule has 0 radical (unpaired) electrons. The van der Waals surface area contributed by atoms with E-state index in [-0.39, 0.29) is 11.4 Å². The van der Waals surface area contributed by atoms with Crippen molar-refractivity contribution in [1.29, 1.82) is 0 Å². The molecule has 21 heavy (non-hydrogen) atoms. The highest BCUT2D eigenvalue weighted by Crippen LogP contribution is 2.31. The van der Waals surface area contributed by atoms with E-state index in [1.54, 1.807) is 24.3 Å². The van der Waals surface area contributed by atoms with Gasteiger partial charge in [-0.2, -0.15) is 0 Å². The van der Waals surface area contributed by atoms with E-state index in [1.807, 2.05) is 6.07 Å². The molecule has 2 aromatic rings. The van der Waals surface area contributed by atoms with Crippen LogP contribution in [0.2, 0.25) is 10.0 Å². The molecule has 0 bridgehead atoms. The number of rotatable bonds is 5. The number of anilines is 1. The van der Waals surface area contributed by atoms with Gasteiger partial charge in [0, 0.05) is 16.7 Å². The third-order valence-corrected chi connectivity index (χ3v) is 4.51. The third kappa shape index (κ3) is 4.01. The summed E-state index contributed by atoms with van der Waals surface area (Å²) in [5.41, 5.74) is 3.36. The highest BCUT2D eigenvalue weighted by molar-refractivity contribution is 7.98. The monoisotopic (exact) mass is 343 g/mol. The minimum atomic E-state index is -0.470. The highest BCUT2D eigenvalue weighted by atomic mass is 35.5. The van der Waals surface area contributed by atoms with Crippen LogP contribution in [0.1, 0.15) is 5.56 Å². The molecule has 0 amide bonds. The van der Waals surface area contributed by atoms with Gasteiger partial charge in [-0.1, -0.05) is 29.3 Å². The molecule has 2 aromatic carbocycles. The average Bonchev–Trinajstić information content (AvgIpc) is 2.48. The first-order chi connectivity index (χ1) is 10.0. The zero-order valence-electron chi connectivity index (χ0n) is 10.7. The Morgan fingerprint density at radius 3 is 2.57 bits per heavy atom. The first kappa shape index (κ1) is 15.9. The van der Waals surface area contributed by atoms with E-state index >= 15 is 0 Å². The molecule has 3 N–H and O–H groups in total. The second-order valence-electron chi connectivity index (χ2n) is 4.12. The third-order valence-electron chi connectivity index (χ3n) is 2.71. The maximum Gasteiger partial charge on any atom is 0.293 e. The largest absolute Gasteiger partial charge is 0.318 e. The lowest BCUT2D eigenvalue weighted by Crippen LogP contribution is -2.09. The normalized spacial score (nSPS) is 10.4. The molecule has 2 rings (SSSR count). The lowest BCUT2D eigenvalue weighted by atomic mass is 10.2. The van der Waals surface area contributed by atoms with Gasteiger partial charge in [-0.05, 0) is 29.8 Å². The van der Waals surface area contributed by atoms with E-state index in [9.17, 15) is 10.1 Å². The van der Waals surface area contributed by atoms with Crippen molar-refractivity contribution in [2.24, 2.45) is 5.84 Å². The van der Waals surface area contributed by atoms with Gasteiger partial charge in [0.05, 0.1) is 15.0 Å². The number of hydrazine groups is 1. The van der Waals surface area contributed by atoms with Crippen molar-refractivity contribution < 1.29 is 4.92 Å². The van der Waals surface area contributed by atoms with Crippen LogP contribution in [0.5, 0.6) is 0 Å². The van der Waals surface area contributed by atoms with Crippen molar-refractivity contribution in [3.8, 4) is 0 Å². The molecule has 0 aromatic heterocycles. The number of nitro groups is 1. The zero-order valence-corrected chi connectivity index (χ0v) is 13.0. The van der Waals surface area contributed by atoms with E-state index in [1.165, 1.54) is 17.8 Å². The van der Waals surface area contributed by atoms with E-state index in [2.05, 4.69) is 5.43 Å². The van der Waals surface area contributed by atoms with Crippen LogP contribution < -0.4 is 11.3 Å². The van der Waals surface area contributed by atoms with Crippen molar-refractivity contribution in [2.75, 3.05) is 5.43 Å². The van der Waals surface area contributed by atoms with E-state index in [0.717, 1.165) is 10.5 Å². The maximum atomic E-state index is 11.0. The summed E-state index contributed by atoms with van der Waals surface area (Å²) in [5, 5.41) is 11.9. The smallest absolute Gasteiger partial charge is 0.293 e. The number of nitrogen functional groups attached to an aromatic ring is 1. The van der Waals surface area contributed by atoms with Crippen LogP contribution in [0.4, 0.5) is 11.4 Å². The Balaban J connectivity index is 2.14. The second-order valence-corrected chi connectivity index (χ2v) is 5.98. The first-order valence-corrected chi connectivity index (χ1v) is 7.57. The van der Waals surface area contributed by atoms with Gasteiger partial charge < -0.3 is 5.43 Å². The summed E-state index contributed by atoms with van der Waals surface area (Å²) in [6, 6.07) is 10.2. The van der Waals surface area contributed by atoms with Crippen LogP contribution in [0.3, 0.4) is 0 Å². The maximum absolute atomic E-state index is 11.0. The molecule has 110 valence electrons. The van der Waals surface area contributed by atoms with Crippen LogP contribution in [0.25, 0.3) is 0 Å². The van der Waals surface area contributed by atoms with Gasteiger partial charge in [-0.15, -0.1) is 11.8 Å². The summed E-state index contributed by atoms with van der Waals surface area (Å²) in [5.74, 6) is 5.82. The van der Waals surface area contributed by atoms with E-state index in [0.29, 0.717) is 15.8 Å². The topological polar surface area (TPSA) is 81.2 Å². The molecule has 0 saturated carbocycles. The Hall–Kier alpha value is -1.47. The van der Waals surface area contributed by atoms with Crippen LogP contribution >= 0.6 is 35.0 Å². The number of hydrogen-bond donors (Lipinski definition) is 2. The van der Waals surface area contributed by atoms with Crippen molar-refractivity contribution in [3.63, 3.8) is 0 Å². The number of hydrogen-bond acceptors (Lipinski definition) is 5. The summed E-state index contributed by atoms with van der Waals surface area (Å²) in [7, 11) is 0. The number of halogens is 2. The van der Waals surface area contributed by atoms with Crippen molar-refractivity contribution in [3.05, 3.63) is 62.1 Å². The fourth-order valence-corrected chi connectivity index (χ4v) is 2.91. The molecule has 0 fully saturated rings. The molecule has 0 spiro atoms. The summed E-state index contributed by atoms with van der Waals surface area (Å²) < 4.78 is 0. The predicted octanol–water partition coefficient (Wildman–Crippen LogP) is 4.48. The molecule has 0 saturated heterocycles. The van der Waals surface area contributed by atoms with E-state index < -0.39 is 4.92 Å². The molecular formula is C13H11Cl2N3O2S.